The summed E-state index contributed by atoms with van der Waals surface area (Å²) in [6.45, 7) is 2.00. The van der Waals surface area contributed by atoms with Crippen molar-refractivity contribution in [1.82, 2.24) is 4.90 Å². The highest BCUT2D eigenvalue weighted by Crippen LogP contribution is 2.41. The van der Waals surface area contributed by atoms with Gasteiger partial charge in [0, 0.05) is 18.2 Å². The first-order valence-corrected chi connectivity index (χ1v) is 7.08. The summed E-state index contributed by atoms with van der Waals surface area (Å²) >= 11 is 0. The van der Waals surface area contributed by atoms with Crippen molar-refractivity contribution in [3.63, 3.8) is 0 Å². The van der Waals surface area contributed by atoms with E-state index in [-0.39, 0.29) is 18.1 Å². The highest BCUT2D eigenvalue weighted by Gasteiger charge is 2.36. The van der Waals surface area contributed by atoms with Crippen LogP contribution < -0.4 is 0 Å². The predicted molar refractivity (Wildman–Crippen MR) is 72.4 cm³/mol. The van der Waals surface area contributed by atoms with Crippen LogP contribution in [0.3, 0.4) is 0 Å². The molecule has 1 heterocycles. The van der Waals surface area contributed by atoms with Crippen LogP contribution in [0.5, 0.6) is 11.5 Å². The molecule has 2 atom stereocenters. The van der Waals surface area contributed by atoms with Crippen molar-refractivity contribution in [2.24, 2.45) is 5.92 Å². The molecule has 2 aliphatic rings. The average Bonchev–Trinajstić information content (AvgIpc) is 2.42. The van der Waals surface area contributed by atoms with Gasteiger partial charge < -0.3 is 15.3 Å². The maximum atomic E-state index is 10.00. The number of nitrogens with zero attached hydrogens (tertiary/aromatic N) is 1. The molecule has 1 saturated heterocycles. The van der Waals surface area contributed by atoms with Crippen LogP contribution in [-0.4, -0.2) is 46.0 Å². The average molecular weight is 263 g/mol. The summed E-state index contributed by atoms with van der Waals surface area (Å²) in [5, 5.41) is 28.8. The van der Waals surface area contributed by atoms with E-state index in [0.29, 0.717) is 12.0 Å². The summed E-state index contributed by atoms with van der Waals surface area (Å²) in [7, 11) is 0. The van der Waals surface area contributed by atoms with Crippen molar-refractivity contribution in [2.45, 2.75) is 31.7 Å². The number of phenolic OH excluding ortho intramolecular Hbond substituents is 2. The highest BCUT2D eigenvalue weighted by molar-refractivity contribution is 5.50. The Morgan fingerprint density at radius 3 is 2.84 bits per heavy atom. The van der Waals surface area contributed by atoms with E-state index < -0.39 is 0 Å². The first-order chi connectivity index (χ1) is 9.20. The second kappa shape index (κ2) is 5.02. The minimum atomic E-state index is -0.0137. The fourth-order valence-electron chi connectivity index (χ4n) is 3.73. The van der Waals surface area contributed by atoms with Crippen molar-refractivity contribution in [2.75, 3.05) is 19.7 Å². The molecular formula is C15H21NO3. The highest BCUT2D eigenvalue weighted by atomic mass is 16.3. The molecule has 0 spiro atoms. The summed E-state index contributed by atoms with van der Waals surface area (Å²) in [4.78, 5) is 2.38. The lowest BCUT2D eigenvalue weighted by Gasteiger charge is -2.44. The van der Waals surface area contributed by atoms with E-state index in [4.69, 9.17) is 5.11 Å². The van der Waals surface area contributed by atoms with Gasteiger partial charge in [0.2, 0.25) is 0 Å². The third-order valence-electron chi connectivity index (χ3n) is 4.67. The molecule has 1 fully saturated rings. The van der Waals surface area contributed by atoms with E-state index in [1.165, 1.54) is 6.42 Å². The van der Waals surface area contributed by atoms with Gasteiger partial charge in [-0.3, -0.25) is 4.90 Å². The number of aliphatic hydroxyl groups is 1. The maximum absolute atomic E-state index is 10.00. The molecule has 1 aliphatic heterocycles. The molecule has 4 heteroatoms. The SMILES string of the molecule is OCCN1CCCC2Cc3c(ccc(O)c3O)C[C@H]21. The largest absolute Gasteiger partial charge is 0.504 e. The van der Waals surface area contributed by atoms with Crippen molar-refractivity contribution >= 4 is 0 Å². The summed E-state index contributed by atoms with van der Waals surface area (Å²) < 4.78 is 0. The number of hydrogen-bond acceptors (Lipinski definition) is 4. The molecule has 0 aromatic heterocycles. The quantitative estimate of drug-likeness (QED) is 0.703. The Morgan fingerprint density at radius 1 is 1.21 bits per heavy atom. The van der Waals surface area contributed by atoms with Crippen molar-refractivity contribution in [1.29, 1.82) is 0 Å². The Hall–Kier alpha value is -1.26. The molecule has 3 rings (SSSR count). The van der Waals surface area contributed by atoms with E-state index in [0.717, 1.165) is 43.5 Å². The zero-order chi connectivity index (χ0) is 13.4. The van der Waals surface area contributed by atoms with Crippen LogP contribution in [0.15, 0.2) is 12.1 Å². The second-order valence-corrected chi connectivity index (χ2v) is 5.71. The van der Waals surface area contributed by atoms with Crippen molar-refractivity contribution < 1.29 is 15.3 Å². The van der Waals surface area contributed by atoms with Gasteiger partial charge in [-0.15, -0.1) is 0 Å². The zero-order valence-electron chi connectivity index (χ0n) is 11.0. The summed E-state index contributed by atoms with van der Waals surface area (Å²) in [5.74, 6) is 0.580. The van der Waals surface area contributed by atoms with E-state index in [9.17, 15) is 10.2 Å². The van der Waals surface area contributed by atoms with Crippen LogP contribution >= 0.6 is 0 Å². The number of phenols is 2. The molecule has 3 N–H and O–H groups in total. The number of β-amino-alcohol motifs (C(OH)–C–C–N with tert-alkyl or cyclic N) is 1. The molecule has 1 aromatic carbocycles. The van der Waals surface area contributed by atoms with Gasteiger partial charge in [-0.05, 0) is 49.8 Å². The molecule has 1 aliphatic carbocycles. The summed E-state index contributed by atoms with van der Waals surface area (Å²) in [6.07, 6.45) is 4.06. The van der Waals surface area contributed by atoms with Gasteiger partial charge in [0.1, 0.15) is 0 Å². The number of rotatable bonds is 2. The lowest BCUT2D eigenvalue weighted by molar-refractivity contribution is 0.0672. The maximum Gasteiger partial charge on any atom is 0.160 e. The topological polar surface area (TPSA) is 63.9 Å². The Balaban J connectivity index is 1.90. The van der Waals surface area contributed by atoms with Crippen molar-refractivity contribution in [3.05, 3.63) is 23.3 Å². The number of fused-ring (bicyclic) bond motifs is 2. The first-order valence-electron chi connectivity index (χ1n) is 7.08. The van der Waals surface area contributed by atoms with E-state index >= 15 is 0 Å². The fourth-order valence-corrected chi connectivity index (χ4v) is 3.73. The number of aliphatic hydroxyl groups excluding tert-OH is 1. The van der Waals surface area contributed by atoms with Crippen molar-refractivity contribution in [3.8, 4) is 11.5 Å². The van der Waals surface area contributed by atoms with Gasteiger partial charge >= 0.3 is 0 Å². The monoisotopic (exact) mass is 263 g/mol. The van der Waals surface area contributed by atoms with Crippen LogP contribution in [-0.2, 0) is 12.8 Å². The lowest BCUT2D eigenvalue weighted by atomic mass is 9.75. The van der Waals surface area contributed by atoms with Gasteiger partial charge in [0.25, 0.3) is 0 Å². The minimum absolute atomic E-state index is 0.0137. The molecule has 19 heavy (non-hydrogen) atoms. The van der Waals surface area contributed by atoms with Gasteiger partial charge in [-0.2, -0.15) is 0 Å². The lowest BCUT2D eigenvalue weighted by Crippen LogP contribution is -2.50. The molecular weight excluding hydrogens is 242 g/mol. The molecule has 0 bridgehead atoms. The van der Waals surface area contributed by atoms with Gasteiger partial charge in [0.05, 0.1) is 6.61 Å². The summed E-state index contributed by atoms with van der Waals surface area (Å²) in [5.41, 5.74) is 2.06. The zero-order valence-corrected chi connectivity index (χ0v) is 11.0. The Morgan fingerprint density at radius 2 is 2.05 bits per heavy atom. The standard InChI is InChI=1S/C15H21NO3/c17-7-6-16-5-1-2-11-8-12-10(9-13(11)16)3-4-14(18)15(12)19/h3-4,11,13,17-19H,1-2,5-9H2/t11?,13-/m1/s1. The van der Waals surface area contributed by atoms with Gasteiger partial charge in [-0.1, -0.05) is 6.07 Å². The third-order valence-corrected chi connectivity index (χ3v) is 4.67. The normalized spacial score (nSPS) is 26.8. The van der Waals surface area contributed by atoms with Crippen LogP contribution in [0.2, 0.25) is 0 Å². The summed E-state index contributed by atoms with van der Waals surface area (Å²) in [6, 6.07) is 3.97. The van der Waals surface area contributed by atoms with E-state index in [1.54, 1.807) is 6.07 Å². The number of likely N-dealkylation sites (tertiary alicyclic amines) is 1. The van der Waals surface area contributed by atoms with Crippen LogP contribution in [0, 0.1) is 5.92 Å². The molecule has 0 radical (unpaired) electrons. The first kappa shape index (κ1) is 12.8. The molecule has 4 nitrogen and oxygen atoms in total. The molecule has 0 amide bonds. The molecule has 1 aromatic rings. The fraction of sp³-hybridized carbons (Fsp3) is 0.600. The molecule has 0 saturated carbocycles. The smallest absolute Gasteiger partial charge is 0.160 e. The van der Waals surface area contributed by atoms with Crippen LogP contribution in [0.4, 0.5) is 0 Å². The van der Waals surface area contributed by atoms with Gasteiger partial charge in [-0.25, -0.2) is 0 Å². The number of piperidine rings is 1. The number of hydrogen-bond donors (Lipinski definition) is 3. The minimum Gasteiger partial charge on any atom is -0.504 e. The molecule has 104 valence electrons. The van der Waals surface area contributed by atoms with E-state index in [1.807, 2.05) is 6.07 Å². The Kier molecular flexibility index (Phi) is 3.37. The number of benzene rings is 1. The predicted octanol–water partition coefficient (Wildman–Crippen LogP) is 1.27. The van der Waals surface area contributed by atoms with Crippen LogP contribution in [0.1, 0.15) is 24.0 Å². The van der Waals surface area contributed by atoms with Crippen LogP contribution in [0.25, 0.3) is 0 Å². The van der Waals surface area contributed by atoms with E-state index in [2.05, 4.69) is 4.90 Å². The second-order valence-electron chi connectivity index (χ2n) is 5.71. The Labute approximate surface area is 113 Å². The van der Waals surface area contributed by atoms with Gasteiger partial charge in [0.15, 0.2) is 11.5 Å². The Bertz CT molecular complexity index is 473. The molecule has 1 unspecified atom stereocenters. The number of aromatic hydroxyl groups is 2. The third kappa shape index (κ3) is 2.19.